The molecule has 3 nitrogen and oxygen atoms in total. The predicted molar refractivity (Wildman–Crippen MR) is 101 cm³/mol. The molecule has 122 valence electrons. The summed E-state index contributed by atoms with van der Waals surface area (Å²) in [7, 11) is -3.10. The van der Waals surface area contributed by atoms with E-state index in [-0.39, 0.29) is 5.78 Å². The third-order valence-electron chi connectivity index (χ3n) is 3.31. The molecule has 0 atom stereocenters. The van der Waals surface area contributed by atoms with Crippen LogP contribution in [0.25, 0.3) is 0 Å². The second-order valence-electron chi connectivity index (χ2n) is 7.77. The number of carbonyl (C=O) groups is 1. The number of rotatable bonds is 7. The maximum atomic E-state index is 11.4. The first-order valence-corrected chi connectivity index (χ1v) is 14.8. The van der Waals surface area contributed by atoms with E-state index in [1.54, 1.807) is 6.92 Å². The van der Waals surface area contributed by atoms with Crippen molar-refractivity contribution in [3.63, 3.8) is 0 Å². The molecule has 0 aromatic heterocycles. The van der Waals surface area contributed by atoms with Crippen LogP contribution in [0, 0.1) is 0 Å². The van der Waals surface area contributed by atoms with E-state index >= 15 is 0 Å². The van der Waals surface area contributed by atoms with E-state index in [0.717, 1.165) is 11.3 Å². The zero-order valence-corrected chi connectivity index (χ0v) is 17.1. The molecule has 0 fully saturated rings. The van der Waals surface area contributed by atoms with E-state index in [1.165, 1.54) is 0 Å². The van der Waals surface area contributed by atoms with E-state index in [4.69, 9.17) is 5.10 Å². The number of hydrogen-bond donors (Lipinski definition) is 0. The van der Waals surface area contributed by atoms with Gasteiger partial charge in [-0.1, -0.05) is 69.6 Å². The minimum absolute atomic E-state index is 0.219. The van der Waals surface area contributed by atoms with Crippen LogP contribution in [0.1, 0.15) is 25.3 Å². The van der Waals surface area contributed by atoms with E-state index in [0.29, 0.717) is 12.8 Å². The summed E-state index contributed by atoms with van der Waals surface area (Å²) in [6.07, 6.45) is 1.27. The summed E-state index contributed by atoms with van der Waals surface area (Å²) >= 11 is 0. The molecule has 0 saturated carbocycles. The Hall–Kier alpha value is -1.21. The van der Waals surface area contributed by atoms with Crippen LogP contribution >= 0.6 is 0 Å². The molecule has 1 rings (SSSR count). The van der Waals surface area contributed by atoms with E-state index in [2.05, 4.69) is 55.8 Å². The number of Topliss-reactive ketones (excluding diaryl/α,β-unsaturated/α-hetero) is 1. The molecule has 0 heterocycles. The van der Waals surface area contributed by atoms with Crippen molar-refractivity contribution in [3.05, 3.63) is 35.9 Å². The molecule has 22 heavy (non-hydrogen) atoms. The molecular formula is C17H30N2OSi2. The van der Waals surface area contributed by atoms with Crippen LogP contribution in [0.5, 0.6) is 0 Å². The quantitative estimate of drug-likeness (QED) is 0.410. The van der Waals surface area contributed by atoms with Crippen LogP contribution in [0.4, 0.5) is 0 Å². The molecule has 5 heteroatoms. The highest BCUT2D eigenvalue weighted by Gasteiger charge is 2.34. The lowest BCUT2D eigenvalue weighted by atomic mass is 10.0. The Kier molecular flexibility index (Phi) is 6.31. The van der Waals surface area contributed by atoms with Gasteiger partial charge in [-0.15, -0.1) is 0 Å². The largest absolute Gasteiger partial charge is 0.350 e. The molecule has 0 spiro atoms. The summed E-state index contributed by atoms with van der Waals surface area (Å²) in [6, 6.07) is 10.3. The molecule has 0 saturated heterocycles. The first kappa shape index (κ1) is 18.8. The Morgan fingerprint density at radius 2 is 1.45 bits per heavy atom. The highest BCUT2D eigenvalue weighted by Crippen LogP contribution is 2.22. The Labute approximate surface area is 137 Å². The maximum Gasteiger partial charge on any atom is 0.158 e. The van der Waals surface area contributed by atoms with E-state index in [1.807, 2.05) is 18.2 Å². The molecule has 1 aromatic rings. The average molecular weight is 335 g/mol. The second-order valence-corrected chi connectivity index (χ2v) is 17.7. The van der Waals surface area contributed by atoms with Gasteiger partial charge in [0, 0.05) is 6.42 Å². The molecule has 0 unspecified atom stereocenters. The van der Waals surface area contributed by atoms with Crippen LogP contribution in [0.2, 0.25) is 39.3 Å². The third kappa shape index (κ3) is 5.89. The van der Waals surface area contributed by atoms with Crippen molar-refractivity contribution in [2.45, 2.75) is 59.0 Å². The number of carbonyl (C=O) groups excluding carboxylic acids is 1. The van der Waals surface area contributed by atoms with Gasteiger partial charge < -0.3 is 9.13 Å². The molecule has 0 amide bonds. The molecule has 0 aliphatic carbocycles. The first-order valence-electron chi connectivity index (χ1n) is 7.94. The van der Waals surface area contributed by atoms with Crippen LogP contribution in [-0.4, -0.2) is 32.3 Å². The summed E-state index contributed by atoms with van der Waals surface area (Å²) in [5.41, 5.74) is 2.17. The SMILES string of the molecule is CC(=O)CC/C(=N/N([Si](C)(C)C)[Si](C)(C)C)c1ccccc1. The lowest BCUT2D eigenvalue weighted by Gasteiger charge is -2.42. The van der Waals surface area contributed by atoms with E-state index in [9.17, 15) is 4.79 Å². The Bertz CT molecular complexity index is 514. The number of hydrazone groups is 1. The van der Waals surface area contributed by atoms with E-state index < -0.39 is 16.5 Å². The van der Waals surface area contributed by atoms with Gasteiger partial charge in [0.05, 0.1) is 5.71 Å². The van der Waals surface area contributed by atoms with Crippen molar-refractivity contribution in [2.24, 2.45) is 5.10 Å². The van der Waals surface area contributed by atoms with Crippen molar-refractivity contribution < 1.29 is 4.79 Å². The molecule has 0 bridgehead atoms. The molecular weight excluding hydrogens is 304 g/mol. The second kappa shape index (κ2) is 7.37. The lowest BCUT2D eigenvalue weighted by molar-refractivity contribution is -0.116. The molecule has 0 N–H and O–H groups in total. The minimum atomic E-state index is -1.55. The van der Waals surface area contributed by atoms with Gasteiger partial charge in [-0.25, -0.2) is 0 Å². The fourth-order valence-electron chi connectivity index (χ4n) is 2.60. The van der Waals surface area contributed by atoms with Crippen molar-refractivity contribution in [1.82, 2.24) is 4.34 Å². The Morgan fingerprint density at radius 1 is 0.955 bits per heavy atom. The fraction of sp³-hybridized carbons (Fsp3) is 0.529. The van der Waals surface area contributed by atoms with Gasteiger partial charge >= 0.3 is 0 Å². The van der Waals surface area contributed by atoms with Gasteiger partial charge in [0.25, 0.3) is 0 Å². The van der Waals surface area contributed by atoms with Crippen molar-refractivity contribution in [2.75, 3.05) is 0 Å². The molecule has 1 aromatic carbocycles. The zero-order chi connectivity index (χ0) is 17.0. The fourth-order valence-corrected chi connectivity index (χ4v) is 11.5. The molecule has 0 aliphatic heterocycles. The lowest BCUT2D eigenvalue weighted by Crippen LogP contribution is -2.56. The topological polar surface area (TPSA) is 32.7 Å². The normalized spacial score (nSPS) is 13.1. The first-order chi connectivity index (χ1) is 10.0. The third-order valence-corrected chi connectivity index (χ3v) is 10.1. The number of nitrogens with zero attached hydrogens (tertiary/aromatic N) is 2. The number of benzene rings is 1. The monoisotopic (exact) mass is 334 g/mol. The summed E-state index contributed by atoms with van der Waals surface area (Å²) < 4.78 is 2.42. The van der Waals surface area contributed by atoms with Gasteiger partial charge in [0.1, 0.15) is 5.78 Å². The Morgan fingerprint density at radius 3 is 1.86 bits per heavy atom. The molecule has 0 aliphatic rings. The summed E-state index contributed by atoms with van der Waals surface area (Å²) in [5.74, 6) is 0.219. The van der Waals surface area contributed by atoms with Gasteiger partial charge in [0.2, 0.25) is 0 Å². The Balaban J connectivity index is 3.25. The van der Waals surface area contributed by atoms with Crippen molar-refractivity contribution >= 4 is 28.0 Å². The maximum absolute atomic E-state index is 11.4. The van der Waals surface area contributed by atoms with Crippen LogP contribution in [0.15, 0.2) is 35.4 Å². The predicted octanol–water partition coefficient (Wildman–Crippen LogP) is 4.73. The van der Waals surface area contributed by atoms with Gasteiger partial charge in [-0.05, 0) is 18.9 Å². The van der Waals surface area contributed by atoms with Crippen molar-refractivity contribution in [3.8, 4) is 0 Å². The van der Waals surface area contributed by atoms with Crippen molar-refractivity contribution in [1.29, 1.82) is 0 Å². The standard InChI is InChI=1S/C17H30N2OSi2/c1-15(20)13-14-17(16-11-9-8-10-12-16)18-19(21(2,3)4)22(5,6)7/h8-12H,13-14H2,1-7H3/b18-17-. The van der Waals surface area contributed by atoms with Crippen LogP contribution in [-0.2, 0) is 4.79 Å². The van der Waals surface area contributed by atoms with Gasteiger partial charge in [-0.2, -0.15) is 5.10 Å². The van der Waals surface area contributed by atoms with Gasteiger partial charge in [0.15, 0.2) is 16.5 Å². The smallest absolute Gasteiger partial charge is 0.158 e. The summed E-state index contributed by atoms with van der Waals surface area (Å²) in [4.78, 5) is 11.4. The number of ketones is 1. The van der Waals surface area contributed by atoms with Crippen LogP contribution in [0.3, 0.4) is 0 Å². The molecule has 0 radical (unpaired) electrons. The average Bonchev–Trinajstić information content (AvgIpc) is 2.36. The minimum Gasteiger partial charge on any atom is -0.350 e. The highest BCUT2D eigenvalue weighted by atomic mass is 28.4. The zero-order valence-electron chi connectivity index (χ0n) is 15.1. The van der Waals surface area contributed by atoms with Gasteiger partial charge in [-0.3, -0.25) is 0 Å². The highest BCUT2D eigenvalue weighted by molar-refractivity contribution is 6.89. The summed E-state index contributed by atoms with van der Waals surface area (Å²) in [5, 5.41) is 5.08. The summed E-state index contributed by atoms with van der Waals surface area (Å²) in [6.45, 7) is 15.7. The van der Waals surface area contributed by atoms with Crippen LogP contribution < -0.4 is 0 Å². The number of hydrogen-bond acceptors (Lipinski definition) is 3.